The van der Waals surface area contributed by atoms with Crippen molar-refractivity contribution < 1.29 is 9.63 Å². The number of carbonyl (C=O) groups excluding carboxylic acids is 1. The number of carbonyl (C=O) groups is 1. The van der Waals surface area contributed by atoms with Crippen LogP contribution < -0.4 is 0 Å². The van der Waals surface area contributed by atoms with Crippen molar-refractivity contribution in [3.05, 3.63) is 0 Å². The molecule has 2 aliphatic rings. The zero-order valence-electron chi connectivity index (χ0n) is 12.8. The first-order chi connectivity index (χ1) is 8.88. The van der Waals surface area contributed by atoms with Crippen LogP contribution in [0.4, 0.5) is 0 Å². The van der Waals surface area contributed by atoms with E-state index in [0.29, 0.717) is 6.04 Å². The molecule has 1 heterocycles. The smallest absolute Gasteiger partial charge is 0.330 e. The molecule has 2 rings (SSSR count). The Morgan fingerprint density at radius 2 is 1.63 bits per heavy atom. The van der Waals surface area contributed by atoms with E-state index in [1.54, 1.807) is 0 Å². The molecule has 0 aromatic carbocycles. The molecule has 0 unspecified atom stereocenters. The van der Waals surface area contributed by atoms with Gasteiger partial charge in [0, 0.05) is 25.2 Å². The summed E-state index contributed by atoms with van der Waals surface area (Å²) in [6.07, 6.45) is 6.30. The molecule has 2 fully saturated rings. The summed E-state index contributed by atoms with van der Waals surface area (Å²) < 4.78 is 0. The molecular formula is C15H28N2O2. The Balaban J connectivity index is 1.74. The third-order valence-corrected chi connectivity index (χ3v) is 4.47. The first-order valence-electron chi connectivity index (χ1n) is 7.57. The summed E-state index contributed by atoms with van der Waals surface area (Å²) in [7, 11) is 2.26. The average Bonchev–Trinajstić information content (AvgIpc) is 2.26. The molecule has 0 radical (unpaired) electrons. The van der Waals surface area contributed by atoms with Gasteiger partial charge >= 0.3 is 5.97 Å². The molecule has 19 heavy (non-hydrogen) atoms. The van der Waals surface area contributed by atoms with Crippen molar-refractivity contribution in [2.75, 3.05) is 20.1 Å². The molecule has 0 aromatic rings. The van der Waals surface area contributed by atoms with Gasteiger partial charge in [-0.25, -0.2) is 4.79 Å². The average molecular weight is 268 g/mol. The maximum absolute atomic E-state index is 11.8. The summed E-state index contributed by atoms with van der Waals surface area (Å²) in [5.74, 6) is -0.127. The van der Waals surface area contributed by atoms with E-state index in [2.05, 4.69) is 11.9 Å². The summed E-state index contributed by atoms with van der Waals surface area (Å²) in [5.41, 5.74) is -0.417. The first-order valence-corrected chi connectivity index (χ1v) is 7.57. The van der Waals surface area contributed by atoms with E-state index in [-0.39, 0.29) is 5.97 Å². The molecule has 1 aliphatic carbocycles. The van der Waals surface area contributed by atoms with Crippen LogP contribution in [0.5, 0.6) is 0 Å². The fourth-order valence-corrected chi connectivity index (χ4v) is 2.69. The molecule has 110 valence electrons. The number of piperidine rings is 1. The van der Waals surface area contributed by atoms with Gasteiger partial charge < -0.3 is 9.74 Å². The quantitative estimate of drug-likeness (QED) is 0.787. The fourth-order valence-electron chi connectivity index (χ4n) is 2.69. The second kappa shape index (κ2) is 5.80. The Morgan fingerprint density at radius 3 is 2.05 bits per heavy atom. The zero-order valence-corrected chi connectivity index (χ0v) is 12.8. The molecule has 0 atom stereocenters. The van der Waals surface area contributed by atoms with Crippen LogP contribution in [0.1, 0.15) is 52.9 Å². The van der Waals surface area contributed by atoms with Crippen molar-refractivity contribution in [1.29, 1.82) is 0 Å². The van der Waals surface area contributed by atoms with E-state index in [9.17, 15) is 4.79 Å². The lowest BCUT2D eigenvalue weighted by Gasteiger charge is -2.43. The van der Waals surface area contributed by atoms with E-state index in [1.807, 2.05) is 25.8 Å². The third kappa shape index (κ3) is 3.69. The lowest BCUT2D eigenvalue weighted by Crippen LogP contribution is -2.49. The Kier molecular flexibility index (Phi) is 4.51. The predicted molar refractivity (Wildman–Crippen MR) is 75.5 cm³/mol. The van der Waals surface area contributed by atoms with Crippen molar-refractivity contribution >= 4 is 5.97 Å². The fraction of sp³-hybridized carbons (Fsp3) is 0.933. The van der Waals surface area contributed by atoms with Crippen LogP contribution in [0.15, 0.2) is 0 Å². The van der Waals surface area contributed by atoms with Gasteiger partial charge in [0.25, 0.3) is 0 Å². The van der Waals surface area contributed by atoms with Gasteiger partial charge in [-0.15, -0.1) is 5.06 Å². The van der Waals surface area contributed by atoms with E-state index in [1.165, 1.54) is 19.3 Å². The second-order valence-electron chi connectivity index (χ2n) is 7.04. The minimum atomic E-state index is -0.417. The highest BCUT2D eigenvalue weighted by Crippen LogP contribution is 2.28. The molecule has 0 bridgehead atoms. The number of rotatable bonds is 3. The molecule has 4 nitrogen and oxygen atoms in total. The number of nitrogens with zero attached hydrogens (tertiary/aromatic N) is 2. The molecule has 0 amide bonds. The minimum Gasteiger partial charge on any atom is -0.367 e. The van der Waals surface area contributed by atoms with Gasteiger partial charge in [0.2, 0.25) is 0 Å². The number of hydrogen-bond acceptors (Lipinski definition) is 4. The predicted octanol–water partition coefficient (Wildman–Crippen LogP) is 2.44. The summed E-state index contributed by atoms with van der Waals surface area (Å²) >= 11 is 0. The highest BCUT2D eigenvalue weighted by molar-refractivity contribution is 5.75. The zero-order chi connectivity index (χ0) is 14.0. The molecule has 1 saturated carbocycles. The maximum Gasteiger partial charge on any atom is 0.330 e. The first kappa shape index (κ1) is 14.8. The summed E-state index contributed by atoms with van der Waals surface area (Å²) in [5, 5.41) is 1.85. The minimum absolute atomic E-state index is 0.127. The van der Waals surface area contributed by atoms with Crippen LogP contribution >= 0.6 is 0 Å². The van der Waals surface area contributed by atoms with Gasteiger partial charge in [0.1, 0.15) is 0 Å². The van der Waals surface area contributed by atoms with Crippen LogP contribution in [-0.4, -0.2) is 48.2 Å². The van der Waals surface area contributed by atoms with Crippen molar-refractivity contribution in [3.63, 3.8) is 0 Å². The van der Waals surface area contributed by atoms with Gasteiger partial charge in [-0.3, -0.25) is 0 Å². The molecule has 0 spiro atoms. The Labute approximate surface area is 117 Å². The van der Waals surface area contributed by atoms with Crippen molar-refractivity contribution in [1.82, 2.24) is 9.96 Å². The largest absolute Gasteiger partial charge is 0.367 e. The Hall–Kier alpha value is -0.610. The standard InChI is InChI=1S/C15H28N2O2/c1-15(2,3)14(18)19-17-10-8-13(9-11-17)16(4)12-6-5-7-12/h12-13H,5-11H2,1-4H3. The summed E-state index contributed by atoms with van der Waals surface area (Å²) in [4.78, 5) is 19.8. The molecule has 1 aliphatic heterocycles. The molecule has 0 N–H and O–H groups in total. The SMILES string of the molecule is CN(C1CCC1)C1CCN(OC(=O)C(C)(C)C)CC1. The van der Waals surface area contributed by atoms with Gasteiger partial charge in [0.15, 0.2) is 0 Å². The van der Waals surface area contributed by atoms with Gasteiger partial charge in [-0.1, -0.05) is 6.42 Å². The lowest BCUT2D eigenvalue weighted by molar-refractivity contribution is -0.206. The normalized spacial score (nSPS) is 23.4. The van der Waals surface area contributed by atoms with Crippen LogP contribution in [0.2, 0.25) is 0 Å². The number of hydroxylamine groups is 2. The molecule has 4 heteroatoms. The van der Waals surface area contributed by atoms with E-state index < -0.39 is 5.41 Å². The van der Waals surface area contributed by atoms with Gasteiger partial charge in [0.05, 0.1) is 5.41 Å². The Morgan fingerprint density at radius 1 is 1.11 bits per heavy atom. The monoisotopic (exact) mass is 268 g/mol. The van der Waals surface area contributed by atoms with E-state index >= 15 is 0 Å². The van der Waals surface area contributed by atoms with Crippen LogP contribution in [0, 0.1) is 5.41 Å². The molecule has 0 aromatic heterocycles. The van der Waals surface area contributed by atoms with Crippen LogP contribution in [-0.2, 0) is 9.63 Å². The van der Waals surface area contributed by atoms with Crippen LogP contribution in [0.25, 0.3) is 0 Å². The van der Waals surface area contributed by atoms with Crippen molar-refractivity contribution in [2.24, 2.45) is 5.41 Å². The molecule has 1 saturated heterocycles. The van der Waals surface area contributed by atoms with Crippen molar-refractivity contribution in [2.45, 2.75) is 65.0 Å². The van der Waals surface area contributed by atoms with E-state index in [0.717, 1.165) is 32.0 Å². The Bertz CT molecular complexity index is 313. The van der Waals surface area contributed by atoms with Crippen molar-refractivity contribution in [3.8, 4) is 0 Å². The summed E-state index contributed by atoms with van der Waals surface area (Å²) in [6.45, 7) is 7.42. The molecular weight excluding hydrogens is 240 g/mol. The summed E-state index contributed by atoms with van der Waals surface area (Å²) in [6, 6.07) is 1.46. The topological polar surface area (TPSA) is 32.8 Å². The second-order valence-corrected chi connectivity index (χ2v) is 7.04. The maximum atomic E-state index is 11.8. The third-order valence-electron chi connectivity index (χ3n) is 4.47. The highest BCUT2D eigenvalue weighted by Gasteiger charge is 2.32. The van der Waals surface area contributed by atoms with Gasteiger partial charge in [-0.2, -0.15) is 0 Å². The highest BCUT2D eigenvalue weighted by atomic mass is 16.7. The lowest BCUT2D eigenvalue weighted by atomic mass is 9.89. The van der Waals surface area contributed by atoms with Gasteiger partial charge in [-0.05, 0) is 53.5 Å². The van der Waals surface area contributed by atoms with Crippen LogP contribution in [0.3, 0.4) is 0 Å². The number of hydrogen-bond donors (Lipinski definition) is 0. The van der Waals surface area contributed by atoms with E-state index in [4.69, 9.17) is 4.84 Å².